The lowest BCUT2D eigenvalue weighted by Gasteiger charge is -2.26. The molecule has 1 aromatic heterocycles. The molecule has 7 heteroatoms. The molecule has 0 spiro atoms. The lowest BCUT2D eigenvalue weighted by molar-refractivity contribution is -0.388. The first kappa shape index (κ1) is 12.2. The first-order chi connectivity index (χ1) is 6.79. The quantitative estimate of drug-likeness (QED) is 0.642. The second-order valence-electron chi connectivity index (χ2n) is 3.07. The highest BCUT2D eigenvalue weighted by Gasteiger charge is 2.20. The Morgan fingerprint density at radius 3 is 2.73 bits per heavy atom. The van der Waals surface area contributed by atoms with Crippen LogP contribution in [0.5, 0.6) is 0 Å². The van der Waals surface area contributed by atoms with Gasteiger partial charge in [0.15, 0.2) is 0 Å². The molecule has 1 fully saturated rings. The molecule has 1 aromatic rings. The smallest absolute Gasteiger partial charge is 0.344 e. The standard InChI is InChI=1S/C8H11N3O2S.ClH/c12-11(13)8-7(1-2-9-8)10-3-5-14-6-4-10;/h1-2,9H,3-6H2;1H. The van der Waals surface area contributed by atoms with Crippen LogP contribution in [-0.2, 0) is 0 Å². The fraction of sp³-hybridized carbons (Fsp3) is 0.500. The summed E-state index contributed by atoms with van der Waals surface area (Å²) in [5.74, 6) is 2.20. The molecule has 5 nitrogen and oxygen atoms in total. The number of hydrogen-bond acceptors (Lipinski definition) is 4. The van der Waals surface area contributed by atoms with E-state index < -0.39 is 0 Å². The molecule has 0 aromatic carbocycles. The molecule has 0 bridgehead atoms. The van der Waals surface area contributed by atoms with Gasteiger partial charge in [0.25, 0.3) is 0 Å². The number of nitrogens with zero attached hydrogens (tertiary/aromatic N) is 2. The summed E-state index contributed by atoms with van der Waals surface area (Å²) in [6.45, 7) is 1.78. The highest BCUT2D eigenvalue weighted by atomic mass is 35.5. The summed E-state index contributed by atoms with van der Waals surface area (Å²) < 4.78 is 0. The van der Waals surface area contributed by atoms with Gasteiger partial charge in [0.1, 0.15) is 5.69 Å². The van der Waals surface area contributed by atoms with Gasteiger partial charge in [-0.25, -0.2) is 4.98 Å². The fourth-order valence-electron chi connectivity index (χ4n) is 1.56. The molecule has 0 radical (unpaired) electrons. The van der Waals surface area contributed by atoms with Crippen molar-refractivity contribution >= 4 is 35.7 Å². The third kappa shape index (κ3) is 2.57. The molecule has 0 unspecified atom stereocenters. The molecule has 1 aliphatic heterocycles. The first-order valence-corrected chi connectivity index (χ1v) is 5.59. The van der Waals surface area contributed by atoms with E-state index in [2.05, 4.69) is 9.88 Å². The van der Waals surface area contributed by atoms with Gasteiger partial charge in [-0.3, -0.25) is 0 Å². The van der Waals surface area contributed by atoms with Gasteiger partial charge in [0.05, 0.1) is 6.20 Å². The molecule has 0 atom stereocenters. The van der Waals surface area contributed by atoms with Gasteiger partial charge in [-0.05, 0) is 4.92 Å². The molecular weight excluding hydrogens is 238 g/mol. The Bertz CT molecular complexity index is 338. The van der Waals surface area contributed by atoms with E-state index in [0.717, 1.165) is 30.3 Å². The van der Waals surface area contributed by atoms with E-state index >= 15 is 0 Å². The number of anilines is 1. The Labute approximate surface area is 97.8 Å². The molecule has 84 valence electrons. The average molecular weight is 250 g/mol. The lowest BCUT2D eigenvalue weighted by atomic mass is 10.4. The largest absolute Gasteiger partial charge is 0.363 e. The number of nitrogens with one attached hydrogen (secondary N) is 1. The summed E-state index contributed by atoms with van der Waals surface area (Å²) in [7, 11) is 0. The summed E-state index contributed by atoms with van der Waals surface area (Å²) in [6.07, 6.45) is 1.62. The summed E-state index contributed by atoms with van der Waals surface area (Å²) in [5.41, 5.74) is 0.718. The van der Waals surface area contributed by atoms with Crippen molar-refractivity contribution in [2.45, 2.75) is 0 Å². The van der Waals surface area contributed by atoms with E-state index in [-0.39, 0.29) is 23.1 Å². The van der Waals surface area contributed by atoms with Crippen LogP contribution < -0.4 is 4.90 Å². The van der Waals surface area contributed by atoms with E-state index in [1.165, 1.54) is 0 Å². The highest BCUT2D eigenvalue weighted by Crippen LogP contribution is 2.28. The lowest BCUT2D eigenvalue weighted by Crippen LogP contribution is -2.32. The van der Waals surface area contributed by atoms with Crippen LogP contribution in [0.1, 0.15) is 0 Å². The van der Waals surface area contributed by atoms with Gasteiger partial charge in [-0.15, -0.1) is 12.4 Å². The monoisotopic (exact) mass is 249 g/mol. The van der Waals surface area contributed by atoms with Gasteiger partial charge in [-0.2, -0.15) is 11.8 Å². The summed E-state index contributed by atoms with van der Waals surface area (Å²) in [5, 5.41) is 10.7. The fourth-order valence-corrected chi connectivity index (χ4v) is 2.46. The second-order valence-corrected chi connectivity index (χ2v) is 4.29. The Balaban J connectivity index is 0.00000112. The minimum atomic E-state index is -0.364. The maximum atomic E-state index is 10.7. The summed E-state index contributed by atoms with van der Waals surface area (Å²) in [6, 6.07) is 1.77. The molecule has 0 amide bonds. The molecular formula is C8H12ClN3O2S. The number of aromatic amines is 1. The van der Waals surface area contributed by atoms with Crippen LogP contribution in [0.25, 0.3) is 0 Å². The Morgan fingerprint density at radius 2 is 2.13 bits per heavy atom. The molecule has 2 rings (SSSR count). The van der Waals surface area contributed by atoms with E-state index in [0.29, 0.717) is 0 Å². The van der Waals surface area contributed by atoms with Gasteiger partial charge in [-0.1, -0.05) is 0 Å². The van der Waals surface area contributed by atoms with Crippen LogP contribution in [0.3, 0.4) is 0 Å². The SMILES string of the molecule is Cl.O=[N+]([O-])c1[nH]ccc1N1CCSCC1. The number of aromatic nitrogens is 1. The predicted octanol–water partition coefficient (Wildman–Crippen LogP) is 1.90. The Kier molecular flexibility index (Phi) is 4.28. The zero-order valence-electron chi connectivity index (χ0n) is 8.01. The van der Waals surface area contributed by atoms with Crippen molar-refractivity contribution in [1.29, 1.82) is 0 Å². The normalized spacial score (nSPS) is 15.9. The zero-order valence-corrected chi connectivity index (χ0v) is 9.64. The van der Waals surface area contributed by atoms with Crippen LogP contribution in [0.4, 0.5) is 11.5 Å². The van der Waals surface area contributed by atoms with Crippen LogP contribution in [0, 0.1) is 10.1 Å². The van der Waals surface area contributed by atoms with Crippen molar-refractivity contribution in [2.24, 2.45) is 0 Å². The average Bonchev–Trinajstić information content (AvgIpc) is 2.67. The van der Waals surface area contributed by atoms with Crippen LogP contribution in [0.2, 0.25) is 0 Å². The molecule has 15 heavy (non-hydrogen) atoms. The minimum Gasteiger partial charge on any atom is -0.363 e. The second kappa shape index (κ2) is 5.27. The van der Waals surface area contributed by atoms with Crippen molar-refractivity contribution in [1.82, 2.24) is 4.98 Å². The Morgan fingerprint density at radius 1 is 1.47 bits per heavy atom. The minimum absolute atomic E-state index is 0. The maximum absolute atomic E-state index is 10.7. The predicted molar refractivity (Wildman–Crippen MR) is 64.2 cm³/mol. The van der Waals surface area contributed by atoms with Gasteiger partial charge < -0.3 is 15.0 Å². The first-order valence-electron chi connectivity index (χ1n) is 4.43. The molecule has 1 saturated heterocycles. The number of nitro groups is 1. The number of thioether (sulfide) groups is 1. The molecule has 1 aliphatic rings. The molecule has 1 N–H and O–H groups in total. The third-order valence-corrected chi connectivity index (χ3v) is 3.18. The van der Waals surface area contributed by atoms with Crippen LogP contribution in [0.15, 0.2) is 12.3 Å². The summed E-state index contributed by atoms with van der Waals surface area (Å²) >= 11 is 1.89. The summed E-state index contributed by atoms with van der Waals surface area (Å²) in [4.78, 5) is 15.0. The topological polar surface area (TPSA) is 62.2 Å². The van der Waals surface area contributed by atoms with E-state index in [1.807, 2.05) is 11.8 Å². The van der Waals surface area contributed by atoms with E-state index in [4.69, 9.17) is 0 Å². The number of hydrogen-bond donors (Lipinski definition) is 1. The Hall–Kier alpha value is -0.880. The number of H-pyrrole nitrogens is 1. The van der Waals surface area contributed by atoms with E-state index in [1.54, 1.807) is 12.3 Å². The molecule has 0 saturated carbocycles. The van der Waals surface area contributed by atoms with Gasteiger partial charge in [0.2, 0.25) is 0 Å². The molecule has 2 heterocycles. The molecule has 0 aliphatic carbocycles. The third-order valence-electron chi connectivity index (χ3n) is 2.24. The van der Waals surface area contributed by atoms with Gasteiger partial charge in [0, 0.05) is 30.7 Å². The van der Waals surface area contributed by atoms with Crippen molar-refractivity contribution in [3.05, 3.63) is 22.4 Å². The van der Waals surface area contributed by atoms with Gasteiger partial charge >= 0.3 is 5.82 Å². The van der Waals surface area contributed by atoms with Crippen molar-refractivity contribution in [3.8, 4) is 0 Å². The number of halogens is 1. The number of rotatable bonds is 2. The van der Waals surface area contributed by atoms with Crippen molar-refractivity contribution in [3.63, 3.8) is 0 Å². The van der Waals surface area contributed by atoms with Crippen molar-refractivity contribution in [2.75, 3.05) is 29.5 Å². The highest BCUT2D eigenvalue weighted by molar-refractivity contribution is 7.99. The van der Waals surface area contributed by atoms with Crippen LogP contribution >= 0.6 is 24.2 Å². The zero-order chi connectivity index (χ0) is 9.97. The van der Waals surface area contributed by atoms with Crippen molar-refractivity contribution < 1.29 is 4.92 Å². The van der Waals surface area contributed by atoms with E-state index in [9.17, 15) is 10.1 Å². The van der Waals surface area contributed by atoms with Crippen LogP contribution in [-0.4, -0.2) is 34.5 Å². The maximum Gasteiger partial charge on any atom is 0.344 e.